The van der Waals surface area contributed by atoms with E-state index < -0.39 is 32.0 Å². The van der Waals surface area contributed by atoms with Crippen molar-refractivity contribution in [1.82, 2.24) is 0 Å². The van der Waals surface area contributed by atoms with Gasteiger partial charge in [-0.2, -0.15) is 12.1 Å². The number of carbonyl (C=O) groups is 2. The van der Waals surface area contributed by atoms with E-state index in [1.165, 1.54) is 21.3 Å². The molecule has 63 heavy (non-hydrogen) atoms. The van der Waals surface area contributed by atoms with Gasteiger partial charge < -0.3 is 67.1 Å². The largest absolute Gasteiger partial charge is 2.00 e. The standard InChI is InChI=1S/C47H65O11Si.2ClH.Li.Mg/c1-29(2)59(30(3)4,31(5)6)56-25-17-15-16-23-36(32-20-18-21-33(26-32)55-28-50-10)57-45(48)42-40-35(27-38(52-12)41(42)46(49)58-47(7,8)9)43(53-13)34-22-19-24-37(51-11)39(34)44(40)54-14;;;;/h18-22,24,27,29-31,36H,15-17,23,25,28H2,1-14H3;2*1H;;/q-1;;;+1;+2/p-2. The Bertz CT molecular complexity index is 2060. The average molecular weight is 936 g/mol. The van der Waals surface area contributed by atoms with E-state index in [0.717, 1.165) is 12.8 Å². The quantitative estimate of drug-likeness (QED) is 0.0306. The summed E-state index contributed by atoms with van der Waals surface area (Å²) in [4.78, 5) is 29.4. The number of methoxy groups -OCH3 is 5. The van der Waals surface area contributed by atoms with E-state index in [1.807, 2.05) is 24.3 Å². The minimum Gasteiger partial charge on any atom is -1.00 e. The predicted octanol–water partition coefficient (Wildman–Crippen LogP) is 2.05. The van der Waals surface area contributed by atoms with Gasteiger partial charge >= 0.3 is 53.9 Å². The van der Waals surface area contributed by atoms with Crippen LogP contribution in [0.1, 0.15) is 120 Å². The minimum absolute atomic E-state index is 0. The molecule has 0 radical (unpaired) electrons. The Morgan fingerprint density at radius 1 is 0.698 bits per heavy atom. The Hall–Kier alpha value is -2.58. The Morgan fingerprint density at radius 3 is 1.84 bits per heavy atom. The molecule has 1 unspecified atom stereocenters. The van der Waals surface area contributed by atoms with E-state index in [2.05, 4.69) is 47.6 Å². The van der Waals surface area contributed by atoms with Crippen LogP contribution in [0.3, 0.4) is 0 Å². The van der Waals surface area contributed by atoms with Gasteiger partial charge in [0.15, 0.2) is 15.1 Å². The Morgan fingerprint density at radius 2 is 1.30 bits per heavy atom. The third kappa shape index (κ3) is 14.0. The number of fused-ring (bicyclic) bond motifs is 2. The Labute approximate surface area is 416 Å². The normalized spacial score (nSPS) is 11.8. The number of carbonyl (C=O) groups excluding carboxylic acids is 2. The average Bonchev–Trinajstić information content (AvgIpc) is 3.19. The molecule has 0 aliphatic rings. The second-order valence-electron chi connectivity index (χ2n) is 16.6. The predicted molar refractivity (Wildman–Crippen MR) is 240 cm³/mol. The van der Waals surface area contributed by atoms with Crippen LogP contribution in [0.2, 0.25) is 16.6 Å². The van der Waals surface area contributed by atoms with Gasteiger partial charge in [0.25, 0.3) is 0 Å². The van der Waals surface area contributed by atoms with Crippen LogP contribution in [0, 0.1) is 6.07 Å². The molecule has 0 bridgehead atoms. The smallest absolute Gasteiger partial charge is 1.00 e. The molecule has 0 aromatic heterocycles. The second kappa shape index (κ2) is 27.2. The summed E-state index contributed by atoms with van der Waals surface area (Å²) < 4.78 is 53.9. The zero-order chi connectivity index (χ0) is 43.7. The van der Waals surface area contributed by atoms with Crippen LogP contribution in [-0.4, -0.2) is 97.9 Å². The van der Waals surface area contributed by atoms with Gasteiger partial charge in [-0.05, 0) is 68.8 Å². The molecule has 11 nitrogen and oxygen atoms in total. The van der Waals surface area contributed by atoms with Crippen LogP contribution in [-0.2, 0) is 18.6 Å². The van der Waals surface area contributed by atoms with Gasteiger partial charge in [0.05, 0.1) is 39.4 Å². The van der Waals surface area contributed by atoms with Crippen LogP contribution >= 0.6 is 0 Å². The summed E-state index contributed by atoms with van der Waals surface area (Å²) >= 11 is 0. The SMILES string of the molecule is COCOc1[c-]c(C(CCCCCO[Si](C(C)C)(C(C)C)C(C)C)OC(=O)c2c(C(=O)OC(C)(C)C)c(OC)cc3c(OC)c4cccc(OC)c4c(OC)c23)ccc1.[Cl-].[Cl-].[Li+].[Mg+2]. The first kappa shape index (κ1) is 60.4. The van der Waals surface area contributed by atoms with Crippen LogP contribution in [0.25, 0.3) is 21.5 Å². The van der Waals surface area contributed by atoms with Crippen molar-refractivity contribution < 1.29 is 95.6 Å². The van der Waals surface area contributed by atoms with E-state index in [4.69, 9.17) is 42.3 Å². The zero-order valence-electron chi connectivity index (χ0n) is 40.0. The summed E-state index contributed by atoms with van der Waals surface area (Å²) in [5, 5.41) is 1.95. The molecule has 16 heteroatoms. The van der Waals surface area contributed by atoms with Gasteiger partial charge in [-0.1, -0.05) is 60.1 Å². The van der Waals surface area contributed by atoms with Crippen LogP contribution in [0.15, 0.2) is 42.5 Å². The summed E-state index contributed by atoms with van der Waals surface area (Å²) in [6, 6.07) is 15.9. The summed E-state index contributed by atoms with van der Waals surface area (Å²) in [6.07, 6.45) is 2.08. The number of rotatable bonds is 21. The molecule has 0 aliphatic heterocycles. The maximum Gasteiger partial charge on any atom is 2.00 e. The molecule has 0 fully saturated rings. The maximum absolute atomic E-state index is 15.2. The number of ether oxygens (including phenoxy) is 8. The topological polar surface area (TPSA) is 117 Å². The van der Waals surface area contributed by atoms with Crippen LogP contribution in [0.5, 0.6) is 28.7 Å². The molecule has 340 valence electrons. The number of halogens is 2. The fourth-order valence-corrected chi connectivity index (χ4v) is 14.0. The fraction of sp³-hybridized carbons (Fsp3) is 0.532. The summed E-state index contributed by atoms with van der Waals surface area (Å²) in [7, 11) is 5.55. The molecule has 0 N–H and O–H groups in total. The first-order valence-electron chi connectivity index (χ1n) is 20.5. The van der Waals surface area contributed by atoms with Gasteiger partial charge in [0.1, 0.15) is 40.3 Å². The van der Waals surface area contributed by atoms with Crippen LogP contribution in [0.4, 0.5) is 0 Å². The number of esters is 2. The molecule has 0 saturated heterocycles. The third-order valence-corrected chi connectivity index (χ3v) is 16.9. The zero-order valence-corrected chi connectivity index (χ0v) is 44.0. The molecular weight excluding hydrogens is 871 g/mol. The maximum atomic E-state index is 15.2. The fourth-order valence-electron chi connectivity index (χ4n) is 8.47. The molecule has 4 aromatic carbocycles. The van der Waals surface area contributed by atoms with Gasteiger partial charge in [0.2, 0.25) is 0 Å². The summed E-state index contributed by atoms with van der Waals surface area (Å²) in [5.74, 6) is 0.155. The first-order chi connectivity index (χ1) is 28.0. The Balaban J connectivity index is 0.00000961. The van der Waals surface area contributed by atoms with Crippen LogP contribution < -0.4 is 67.4 Å². The molecular formula is C47H65Cl2LiMgO11Si. The van der Waals surface area contributed by atoms with Crippen molar-refractivity contribution in [2.24, 2.45) is 0 Å². The molecule has 0 amide bonds. The number of hydrogen-bond acceptors (Lipinski definition) is 11. The van der Waals surface area contributed by atoms with Crippen molar-refractivity contribution in [3.05, 3.63) is 65.2 Å². The van der Waals surface area contributed by atoms with E-state index in [1.54, 1.807) is 53.2 Å². The molecule has 4 rings (SSSR count). The molecule has 0 saturated carbocycles. The van der Waals surface area contributed by atoms with E-state index in [0.29, 0.717) is 75.0 Å². The van der Waals surface area contributed by atoms with Crippen molar-refractivity contribution in [1.29, 1.82) is 0 Å². The van der Waals surface area contributed by atoms with Gasteiger partial charge in [-0.25, -0.2) is 9.59 Å². The van der Waals surface area contributed by atoms with Gasteiger partial charge in [-0.15, -0.1) is 17.7 Å². The van der Waals surface area contributed by atoms with Crippen molar-refractivity contribution in [2.75, 3.05) is 48.9 Å². The van der Waals surface area contributed by atoms with Crippen molar-refractivity contribution in [2.45, 2.75) is 116 Å². The Kier molecular flexibility index (Phi) is 26.0. The number of unbranched alkanes of at least 4 members (excludes halogenated alkanes) is 2. The first-order valence-corrected chi connectivity index (χ1v) is 22.6. The third-order valence-electron chi connectivity index (χ3n) is 10.8. The van der Waals surface area contributed by atoms with E-state index in [9.17, 15) is 4.79 Å². The molecule has 1 atom stereocenters. The van der Waals surface area contributed by atoms with Gasteiger partial charge in [-0.3, -0.25) is 0 Å². The summed E-state index contributed by atoms with van der Waals surface area (Å²) in [6.45, 7) is 19.7. The monoisotopic (exact) mass is 934 g/mol. The minimum atomic E-state index is -2.01. The second-order valence-corrected chi connectivity index (χ2v) is 22.1. The van der Waals surface area contributed by atoms with E-state index in [-0.39, 0.29) is 102 Å². The number of benzene rings is 4. The van der Waals surface area contributed by atoms with Gasteiger partial charge in [0, 0.05) is 35.6 Å². The van der Waals surface area contributed by atoms with Crippen molar-refractivity contribution >= 4 is 64.9 Å². The summed E-state index contributed by atoms with van der Waals surface area (Å²) in [5.41, 5.74) is 0.953. The van der Waals surface area contributed by atoms with E-state index >= 15 is 4.79 Å². The molecule has 0 spiro atoms. The van der Waals surface area contributed by atoms with Crippen molar-refractivity contribution in [3.63, 3.8) is 0 Å². The van der Waals surface area contributed by atoms with Crippen molar-refractivity contribution in [3.8, 4) is 28.7 Å². The molecule has 4 aromatic rings. The molecule has 0 heterocycles. The molecule has 0 aliphatic carbocycles. The number of hydrogen-bond donors (Lipinski definition) is 0.